The molecule has 0 rings (SSSR count). The van der Waals surface area contributed by atoms with Crippen LogP contribution < -0.4 is 0 Å². The van der Waals surface area contributed by atoms with E-state index in [4.69, 9.17) is 5.11 Å². The van der Waals surface area contributed by atoms with Crippen molar-refractivity contribution in [2.75, 3.05) is 19.7 Å². The second kappa shape index (κ2) is 19.6. The minimum absolute atomic E-state index is 0.0370. The Morgan fingerprint density at radius 3 is 2.00 bits per heavy atom. The van der Waals surface area contributed by atoms with Gasteiger partial charge in [-0.15, -0.1) is 0 Å². The second-order valence-electron chi connectivity index (χ2n) is 7.39. The number of carbonyl (C=O) groups excluding carboxylic acids is 1. The molecule has 0 fully saturated rings. The molecule has 0 saturated heterocycles. The lowest BCUT2D eigenvalue weighted by Crippen LogP contribution is -2.38. The Balaban J connectivity index is 3.48. The molecule has 0 heterocycles. The number of rotatable bonds is 18. The minimum Gasteiger partial charge on any atom is -0.394 e. The van der Waals surface area contributed by atoms with Crippen LogP contribution in [-0.2, 0) is 4.79 Å². The van der Waals surface area contributed by atoms with Gasteiger partial charge in [-0.2, -0.15) is 0 Å². The number of hydrogen-bond acceptors (Lipinski definition) is 3. The Morgan fingerprint density at radius 2 is 1.44 bits per heavy atom. The smallest absolute Gasteiger partial charge is 0.219 e. The Kier molecular flexibility index (Phi) is 18.8. The maximum atomic E-state index is 11.5. The average molecular weight is 382 g/mol. The van der Waals surface area contributed by atoms with E-state index in [1.807, 2.05) is 0 Å². The lowest BCUT2D eigenvalue weighted by Gasteiger charge is -2.23. The standard InChI is InChI=1S/C23H43NO3/c1-3-4-5-6-7-8-9-10-11-12-13-14-15-16-17-18-19-24(22(2)26)20-23(27)21-25/h7-8,10-11,23,25,27H,3-6,9,12-21H2,1-2H3/b8-7-,11-10-. The van der Waals surface area contributed by atoms with Gasteiger partial charge < -0.3 is 15.1 Å². The molecule has 0 spiro atoms. The number of amides is 1. The Hall–Kier alpha value is -1.13. The van der Waals surface area contributed by atoms with Crippen LogP contribution in [0.4, 0.5) is 0 Å². The highest BCUT2D eigenvalue weighted by Gasteiger charge is 2.12. The lowest BCUT2D eigenvalue weighted by molar-refractivity contribution is -0.130. The van der Waals surface area contributed by atoms with E-state index >= 15 is 0 Å². The largest absolute Gasteiger partial charge is 0.394 e. The van der Waals surface area contributed by atoms with E-state index in [0.717, 1.165) is 19.3 Å². The van der Waals surface area contributed by atoms with E-state index in [9.17, 15) is 9.90 Å². The molecule has 0 aliphatic carbocycles. The molecule has 4 heteroatoms. The zero-order valence-corrected chi connectivity index (χ0v) is 17.7. The Bertz CT molecular complexity index is 393. The third-order valence-electron chi connectivity index (χ3n) is 4.72. The van der Waals surface area contributed by atoms with Gasteiger partial charge in [0.15, 0.2) is 0 Å². The molecular weight excluding hydrogens is 338 g/mol. The maximum absolute atomic E-state index is 11.5. The van der Waals surface area contributed by atoms with Crippen LogP contribution in [0.25, 0.3) is 0 Å². The minimum atomic E-state index is -0.835. The molecule has 27 heavy (non-hydrogen) atoms. The van der Waals surface area contributed by atoms with E-state index in [0.29, 0.717) is 6.54 Å². The number of carbonyl (C=O) groups is 1. The van der Waals surface area contributed by atoms with Crippen LogP contribution in [0, 0.1) is 0 Å². The SMILES string of the molecule is CCCCC/C=C\C/C=C\CCCCCCCCN(CC(O)CO)C(C)=O. The molecule has 0 aromatic carbocycles. The third kappa shape index (κ3) is 18.0. The summed E-state index contributed by atoms with van der Waals surface area (Å²) in [6.07, 6.45) is 22.7. The number of hydrogen-bond donors (Lipinski definition) is 2. The Labute approximate surface area is 167 Å². The van der Waals surface area contributed by atoms with E-state index in [1.54, 1.807) is 4.90 Å². The van der Waals surface area contributed by atoms with Crippen molar-refractivity contribution in [3.05, 3.63) is 24.3 Å². The molecule has 1 amide bonds. The summed E-state index contributed by atoms with van der Waals surface area (Å²) in [6, 6.07) is 0. The molecule has 0 aromatic heterocycles. The summed E-state index contributed by atoms with van der Waals surface area (Å²) >= 11 is 0. The number of unbranched alkanes of at least 4 members (excludes halogenated alkanes) is 9. The average Bonchev–Trinajstić information content (AvgIpc) is 2.66. The molecule has 1 unspecified atom stereocenters. The van der Waals surface area contributed by atoms with Crippen molar-refractivity contribution in [3.63, 3.8) is 0 Å². The normalized spacial score (nSPS) is 12.9. The third-order valence-corrected chi connectivity index (χ3v) is 4.72. The summed E-state index contributed by atoms with van der Waals surface area (Å²) in [5, 5.41) is 18.3. The molecule has 0 aromatic rings. The van der Waals surface area contributed by atoms with Gasteiger partial charge in [0.1, 0.15) is 0 Å². The number of aliphatic hydroxyl groups excluding tert-OH is 2. The topological polar surface area (TPSA) is 60.8 Å². The molecule has 158 valence electrons. The first kappa shape index (κ1) is 25.9. The highest BCUT2D eigenvalue weighted by molar-refractivity contribution is 5.73. The van der Waals surface area contributed by atoms with E-state index in [-0.39, 0.29) is 19.1 Å². The van der Waals surface area contributed by atoms with Gasteiger partial charge in [0.05, 0.1) is 12.7 Å². The van der Waals surface area contributed by atoms with Crippen molar-refractivity contribution < 1.29 is 15.0 Å². The molecule has 0 aliphatic rings. The fraction of sp³-hybridized carbons (Fsp3) is 0.783. The van der Waals surface area contributed by atoms with Crippen molar-refractivity contribution in [2.45, 2.75) is 97.0 Å². The van der Waals surface area contributed by atoms with Crippen molar-refractivity contribution in [1.82, 2.24) is 4.90 Å². The first-order valence-electron chi connectivity index (χ1n) is 11.0. The van der Waals surface area contributed by atoms with Crippen LogP contribution in [0.3, 0.4) is 0 Å². The van der Waals surface area contributed by atoms with Crippen molar-refractivity contribution in [3.8, 4) is 0 Å². The molecular formula is C23H43NO3. The van der Waals surface area contributed by atoms with Crippen LogP contribution >= 0.6 is 0 Å². The number of aliphatic hydroxyl groups is 2. The molecule has 0 aliphatic heterocycles. The van der Waals surface area contributed by atoms with Gasteiger partial charge in [0, 0.05) is 20.0 Å². The number of nitrogens with zero attached hydrogens (tertiary/aromatic N) is 1. The Morgan fingerprint density at radius 1 is 0.889 bits per heavy atom. The summed E-state index contributed by atoms with van der Waals surface area (Å²) in [5.74, 6) is -0.0370. The van der Waals surface area contributed by atoms with Gasteiger partial charge in [-0.3, -0.25) is 4.79 Å². The van der Waals surface area contributed by atoms with Crippen molar-refractivity contribution in [2.24, 2.45) is 0 Å². The second-order valence-corrected chi connectivity index (χ2v) is 7.39. The predicted octanol–water partition coefficient (Wildman–Crippen LogP) is 5.00. The van der Waals surface area contributed by atoms with Crippen LogP contribution in [0.15, 0.2) is 24.3 Å². The first-order valence-corrected chi connectivity index (χ1v) is 11.0. The lowest BCUT2D eigenvalue weighted by atomic mass is 10.1. The van der Waals surface area contributed by atoms with Crippen molar-refractivity contribution >= 4 is 5.91 Å². The molecule has 0 saturated carbocycles. The number of allylic oxidation sites excluding steroid dienone is 4. The van der Waals surface area contributed by atoms with Crippen LogP contribution in [0.2, 0.25) is 0 Å². The predicted molar refractivity (Wildman–Crippen MR) is 115 cm³/mol. The van der Waals surface area contributed by atoms with Gasteiger partial charge in [-0.25, -0.2) is 0 Å². The zero-order chi connectivity index (χ0) is 20.2. The highest BCUT2D eigenvalue weighted by atomic mass is 16.3. The van der Waals surface area contributed by atoms with E-state index < -0.39 is 6.10 Å². The monoisotopic (exact) mass is 381 g/mol. The zero-order valence-electron chi connectivity index (χ0n) is 17.7. The summed E-state index contributed by atoms with van der Waals surface area (Å²) in [6.45, 7) is 4.35. The summed E-state index contributed by atoms with van der Waals surface area (Å²) in [7, 11) is 0. The van der Waals surface area contributed by atoms with Crippen LogP contribution in [-0.4, -0.2) is 46.8 Å². The fourth-order valence-electron chi connectivity index (χ4n) is 2.98. The molecule has 1 atom stereocenters. The van der Waals surface area contributed by atoms with Gasteiger partial charge >= 0.3 is 0 Å². The van der Waals surface area contributed by atoms with E-state index in [2.05, 4.69) is 31.2 Å². The van der Waals surface area contributed by atoms with Gasteiger partial charge in [0.25, 0.3) is 0 Å². The van der Waals surface area contributed by atoms with Gasteiger partial charge in [0.2, 0.25) is 5.91 Å². The first-order chi connectivity index (χ1) is 13.1. The van der Waals surface area contributed by atoms with Crippen molar-refractivity contribution in [1.29, 1.82) is 0 Å². The van der Waals surface area contributed by atoms with Gasteiger partial charge in [-0.1, -0.05) is 69.8 Å². The highest BCUT2D eigenvalue weighted by Crippen LogP contribution is 2.09. The summed E-state index contributed by atoms with van der Waals surface area (Å²) in [5.41, 5.74) is 0. The maximum Gasteiger partial charge on any atom is 0.219 e. The summed E-state index contributed by atoms with van der Waals surface area (Å²) in [4.78, 5) is 13.1. The van der Waals surface area contributed by atoms with Crippen LogP contribution in [0.5, 0.6) is 0 Å². The summed E-state index contributed by atoms with van der Waals surface area (Å²) < 4.78 is 0. The molecule has 0 radical (unpaired) electrons. The van der Waals surface area contributed by atoms with E-state index in [1.165, 1.54) is 64.7 Å². The quantitative estimate of drug-likeness (QED) is 0.259. The molecule has 4 nitrogen and oxygen atoms in total. The molecule has 0 bridgehead atoms. The van der Waals surface area contributed by atoms with Gasteiger partial charge in [-0.05, 0) is 38.5 Å². The van der Waals surface area contributed by atoms with Crippen LogP contribution in [0.1, 0.15) is 90.9 Å². The molecule has 2 N–H and O–H groups in total. The fourth-order valence-corrected chi connectivity index (χ4v) is 2.98.